The lowest BCUT2D eigenvalue weighted by molar-refractivity contribution is -0.149. The Morgan fingerprint density at radius 3 is 2.63 bits per heavy atom. The number of fused-ring (bicyclic) bond motifs is 2. The van der Waals surface area contributed by atoms with Gasteiger partial charge in [-0.15, -0.1) is 0 Å². The number of nitrogen functional groups attached to an aromatic ring is 1. The number of carbonyl (C=O) groups excluding carboxylic acids is 1. The predicted octanol–water partition coefficient (Wildman–Crippen LogP) is 2.46. The number of hydrogen-bond acceptors (Lipinski definition) is 12. The normalized spacial score (nSPS) is 29.1. The van der Waals surface area contributed by atoms with Crippen LogP contribution in [0.4, 0.5) is 16.2 Å². The Hall–Kier alpha value is -3.36. The fourth-order valence-electron chi connectivity index (χ4n) is 4.73. The number of rotatable bonds is 11. The second-order valence-electron chi connectivity index (χ2n) is 10.7. The van der Waals surface area contributed by atoms with Gasteiger partial charge in [-0.25, -0.2) is 13.9 Å². The largest absolute Gasteiger partial charge is 0.462 e. The van der Waals surface area contributed by atoms with Gasteiger partial charge in [-0.05, 0) is 45.7 Å². The number of halogens is 1. The van der Waals surface area contributed by atoms with Crippen molar-refractivity contribution in [3.05, 3.63) is 36.7 Å². The molecule has 16 heteroatoms. The number of carbonyl (C=O) groups is 1. The number of nitrogens with one attached hydrogen (secondary N) is 2. The summed E-state index contributed by atoms with van der Waals surface area (Å²) >= 11 is 0. The molecule has 14 nitrogen and oxygen atoms in total. The summed E-state index contributed by atoms with van der Waals surface area (Å²) in [4.78, 5) is 25.1. The van der Waals surface area contributed by atoms with Crippen LogP contribution in [0.5, 0.6) is 5.75 Å². The summed E-state index contributed by atoms with van der Waals surface area (Å²) in [7, 11) is -4.37. The van der Waals surface area contributed by atoms with Crippen LogP contribution in [0.1, 0.15) is 39.8 Å². The van der Waals surface area contributed by atoms with E-state index in [9.17, 15) is 14.5 Å². The molecule has 220 valence electrons. The summed E-state index contributed by atoms with van der Waals surface area (Å²) in [6.45, 7) is 4.77. The van der Waals surface area contributed by atoms with E-state index in [-0.39, 0.29) is 23.4 Å². The molecule has 2 aromatic heterocycles. The SMILES string of the molecule is CC(C)OC(=O)[C@H](C)N[P@@](=O)(Oc1ccccc1)OC1[C@H]2O[C@@H](n3cnc4c(NC5CC5)nc(N)nc43)[C@H](F)[C@@]12O. The van der Waals surface area contributed by atoms with E-state index in [2.05, 4.69) is 25.4 Å². The van der Waals surface area contributed by atoms with Crippen molar-refractivity contribution < 1.29 is 37.4 Å². The van der Waals surface area contributed by atoms with Crippen LogP contribution in [0.25, 0.3) is 11.2 Å². The van der Waals surface area contributed by atoms with Crippen LogP contribution in [-0.2, 0) is 23.4 Å². The first-order valence-electron chi connectivity index (χ1n) is 13.3. The number of nitrogens with zero attached hydrogens (tertiary/aromatic N) is 4. The molecule has 5 N–H and O–H groups in total. The minimum atomic E-state index is -4.37. The van der Waals surface area contributed by atoms with Crippen molar-refractivity contribution in [1.29, 1.82) is 0 Å². The van der Waals surface area contributed by atoms with E-state index in [1.807, 2.05) is 0 Å². The van der Waals surface area contributed by atoms with E-state index in [0.717, 1.165) is 12.8 Å². The molecule has 1 aliphatic heterocycles. The van der Waals surface area contributed by atoms with E-state index in [4.69, 9.17) is 24.3 Å². The molecule has 3 fully saturated rings. The second kappa shape index (κ2) is 10.2. The Kier molecular flexibility index (Phi) is 6.90. The van der Waals surface area contributed by atoms with Gasteiger partial charge in [0, 0.05) is 6.04 Å². The molecule has 2 aliphatic carbocycles. The van der Waals surface area contributed by atoms with Gasteiger partial charge in [0.1, 0.15) is 24.0 Å². The molecule has 3 aliphatic rings. The van der Waals surface area contributed by atoms with Crippen LogP contribution in [0.3, 0.4) is 0 Å². The maximum atomic E-state index is 15.9. The number of ether oxygens (including phenoxy) is 2. The summed E-state index contributed by atoms with van der Waals surface area (Å²) in [5.41, 5.74) is 4.35. The van der Waals surface area contributed by atoms with Gasteiger partial charge in [-0.3, -0.25) is 13.9 Å². The highest BCUT2D eigenvalue weighted by molar-refractivity contribution is 7.52. The third-order valence-electron chi connectivity index (χ3n) is 6.96. The molecule has 0 radical (unpaired) electrons. The monoisotopic (exact) mass is 591 g/mol. The van der Waals surface area contributed by atoms with E-state index in [0.29, 0.717) is 11.3 Å². The molecule has 1 saturated heterocycles. The zero-order chi connectivity index (χ0) is 29.1. The molecule has 0 spiro atoms. The number of anilines is 2. The van der Waals surface area contributed by atoms with Gasteiger partial charge in [-0.2, -0.15) is 15.1 Å². The van der Waals surface area contributed by atoms with Gasteiger partial charge >= 0.3 is 13.7 Å². The third-order valence-corrected chi connectivity index (χ3v) is 8.62. The molecule has 3 heterocycles. The smallest absolute Gasteiger partial charge is 0.459 e. The topological polar surface area (TPSA) is 185 Å². The summed E-state index contributed by atoms with van der Waals surface area (Å²) in [5.74, 6) is -0.129. The fourth-order valence-corrected chi connectivity index (χ4v) is 6.45. The van der Waals surface area contributed by atoms with E-state index in [1.165, 1.54) is 30.0 Å². The minimum Gasteiger partial charge on any atom is -0.462 e. The number of aliphatic hydroxyl groups is 1. The molecular weight excluding hydrogens is 560 g/mol. The number of esters is 1. The number of alkyl halides is 1. The molecule has 3 aromatic rings. The Balaban J connectivity index is 1.21. The van der Waals surface area contributed by atoms with Gasteiger partial charge < -0.3 is 30.2 Å². The molecule has 0 bridgehead atoms. The zero-order valence-electron chi connectivity index (χ0n) is 22.5. The Morgan fingerprint density at radius 1 is 1.27 bits per heavy atom. The average Bonchev–Trinajstić information content (AvgIpc) is 3.74. The van der Waals surface area contributed by atoms with Gasteiger partial charge in [0.2, 0.25) is 5.95 Å². The number of aromatic nitrogens is 4. The van der Waals surface area contributed by atoms with Crippen LogP contribution in [0, 0.1) is 0 Å². The molecule has 41 heavy (non-hydrogen) atoms. The maximum Gasteiger partial charge on any atom is 0.459 e. The third kappa shape index (κ3) is 5.24. The molecule has 1 unspecified atom stereocenters. The molecule has 7 atom stereocenters. The zero-order valence-corrected chi connectivity index (χ0v) is 23.4. The standard InChI is InChI=1S/C25H31FN7O7P/c1-12(2)37-23(34)13(3)32-41(36,39-15-7-5-4-6-8-15)40-19-18-25(19,35)17(26)22(38-18)33-11-28-16-20(29-14-9-10-14)30-24(27)31-21(16)33/h4-8,11-14,17-19,22,35H,9-10H2,1-3H3,(H,32,36)(H3,27,29,30,31)/t13-,17-,18+,19?,22+,25-,41+/m0/s1. The lowest BCUT2D eigenvalue weighted by Gasteiger charge is -2.26. The van der Waals surface area contributed by atoms with Crippen molar-refractivity contribution >= 4 is 36.6 Å². The number of nitrogens with two attached hydrogens (primary N) is 1. The van der Waals surface area contributed by atoms with Crippen LogP contribution in [0.2, 0.25) is 0 Å². The van der Waals surface area contributed by atoms with Gasteiger partial charge in [0.05, 0.1) is 12.4 Å². The van der Waals surface area contributed by atoms with Crippen molar-refractivity contribution in [1.82, 2.24) is 24.6 Å². The minimum absolute atomic E-state index is 0.0314. The number of imidazole rings is 1. The fraction of sp³-hybridized carbons (Fsp3) is 0.520. The summed E-state index contributed by atoms with van der Waals surface area (Å²) in [5, 5.41) is 17.0. The maximum absolute atomic E-state index is 15.9. The molecular formula is C25H31FN7O7P. The van der Waals surface area contributed by atoms with Gasteiger partial charge in [0.15, 0.2) is 35.0 Å². The number of benzene rings is 1. The molecule has 6 rings (SSSR count). The van der Waals surface area contributed by atoms with Crippen LogP contribution in [0.15, 0.2) is 36.7 Å². The van der Waals surface area contributed by atoms with Crippen LogP contribution >= 0.6 is 7.75 Å². The number of para-hydroxylation sites is 1. The van der Waals surface area contributed by atoms with Crippen LogP contribution < -0.4 is 20.7 Å². The summed E-state index contributed by atoms with van der Waals surface area (Å²) in [6, 6.07) is 7.25. The molecule has 2 saturated carbocycles. The second-order valence-corrected chi connectivity index (χ2v) is 12.3. The molecule has 0 amide bonds. The van der Waals surface area contributed by atoms with Crippen molar-refractivity contribution in [2.75, 3.05) is 11.1 Å². The first kappa shape index (κ1) is 27.8. The highest BCUT2D eigenvalue weighted by atomic mass is 31.2. The first-order chi connectivity index (χ1) is 19.5. The van der Waals surface area contributed by atoms with Crippen molar-refractivity contribution in [3.8, 4) is 5.75 Å². The van der Waals surface area contributed by atoms with Crippen molar-refractivity contribution in [2.45, 2.75) is 82.0 Å². The van der Waals surface area contributed by atoms with E-state index < -0.39 is 56.1 Å². The van der Waals surface area contributed by atoms with Gasteiger partial charge in [-0.1, -0.05) is 18.2 Å². The number of hydrogen-bond donors (Lipinski definition) is 4. The highest BCUT2D eigenvalue weighted by Gasteiger charge is 2.80. The summed E-state index contributed by atoms with van der Waals surface area (Å²) < 4.78 is 53.4. The predicted molar refractivity (Wildman–Crippen MR) is 144 cm³/mol. The lowest BCUT2D eigenvalue weighted by atomic mass is 10.2. The average molecular weight is 592 g/mol. The summed E-state index contributed by atoms with van der Waals surface area (Å²) in [6.07, 6.45) is -3.01. The first-order valence-corrected chi connectivity index (χ1v) is 14.8. The Bertz CT molecular complexity index is 1510. The van der Waals surface area contributed by atoms with Crippen molar-refractivity contribution in [2.24, 2.45) is 0 Å². The van der Waals surface area contributed by atoms with E-state index in [1.54, 1.807) is 32.0 Å². The van der Waals surface area contributed by atoms with Gasteiger partial charge in [0.25, 0.3) is 0 Å². The van der Waals surface area contributed by atoms with E-state index >= 15 is 4.39 Å². The highest BCUT2D eigenvalue weighted by Crippen LogP contribution is 2.62. The lowest BCUT2D eigenvalue weighted by Crippen LogP contribution is -2.38. The quantitative estimate of drug-likeness (QED) is 0.188. The Labute approximate surface area is 234 Å². The van der Waals surface area contributed by atoms with Crippen molar-refractivity contribution in [3.63, 3.8) is 0 Å². The Morgan fingerprint density at radius 2 is 2.00 bits per heavy atom. The molecule has 1 aromatic carbocycles. The van der Waals surface area contributed by atoms with Crippen LogP contribution in [-0.4, -0.2) is 72.8 Å².